The fourth-order valence-electron chi connectivity index (χ4n) is 0.976. The first kappa shape index (κ1) is 6.99. The van der Waals surface area contributed by atoms with Gasteiger partial charge in [-0.05, 0) is 6.92 Å². The van der Waals surface area contributed by atoms with Crippen LogP contribution in [0.5, 0.6) is 0 Å². The first-order valence-corrected chi connectivity index (χ1v) is 3.43. The Kier molecular flexibility index (Phi) is 2.45. The molecular formula is C6H14N3. The molecule has 53 valence electrons. The highest BCUT2D eigenvalue weighted by molar-refractivity contribution is 4.81. The van der Waals surface area contributed by atoms with E-state index in [-0.39, 0.29) is 6.04 Å². The summed E-state index contributed by atoms with van der Waals surface area (Å²) in [7, 11) is 0. The molecule has 0 amide bonds. The summed E-state index contributed by atoms with van der Waals surface area (Å²) in [6.07, 6.45) is 0. The van der Waals surface area contributed by atoms with Gasteiger partial charge in [-0.15, -0.1) is 0 Å². The Morgan fingerprint density at radius 1 is 1.78 bits per heavy atom. The Bertz CT molecular complexity index is 76.4. The van der Waals surface area contributed by atoms with Crippen LogP contribution in [0.2, 0.25) is 0 Å². The zero-order chi connectivity index (χ0) is 6.69. The molecular weight excluding hydrogens is 114 g/mol. The molecule has 1 fully saturated rings. The van der Waals surface area contributed by atoms with E-state index >= 15 is 0 Å². The first-order chi connectivity index (χ1) is 4.30. The van der Waals surface area contributed by atoms with Crippen molar-refractivity contribution in [2.24, 2.45) is 5.73 Å². The molecule has 0 bridgehead atoms. The second-order valence-electron chi connectivity index (χ2n) is 2.55. The molecule has 1 aliphatic rings. The van der Waals surface area contributed by atoms with Crippen molar-refractivity contribution < 1.29 is 0 Å². The van der Waals surface area contributed by atoms with E-state index in [2.05, 4.69) is 10.6 Å². The van der Waals surface area contributed by atoms with Crippen LogP contribution in [0, 0.1) is 0 Å². The van der Waals surface area contributed by atoms with Crippen molar-refractivity contribution in [3.05, 3.63) is 0 Å². The maximum atomic E-state index is 5.64. The summed E-state index contributed by atoms with van der Waals surface area (Å²) < 4.78 is 0. The number of hydrogen-bond acceptors (Lipinski definition) is 2. The summed E-state index contributed by atoms with van der Waals surface area (Å²) >= 11 is 0. The van der Waals surface area contributed by atoms with Crippen LogP contribution in [0.1, 0.15) is 6.92 Å². The molecule has 3 heteroatoms. The lowest BCUT2D eigenvalue weighted by Crippen LogP contribution is -2.53. The van der Waals surface area contributed by atoms with Gasteiger partial charge in [-0.25, -0.2) is 5.32 Å². The Hall–Kier alpha value is -0.120. The van der Waals surface area contributed by atoms with Gasteiger partial charge in [0.2, 0.25) is 0 Å². The summed E-state index contributed by atoms with van der Waals surface area (Å²) in [4.78, 5) is 0. The molecule has 0 aromatic rings. The third-order valence-corrected chi connectivity index (χ3v) is 1.64. The van der Waals surface area contributed by atoms with Crippen LogP contribution >= 0.6 is 0 Å². The van der Waals surface area contributed by atoms with Crippen molar-refractivity contribution in [1.82, 2.24) is 10.6 Å². The van der Waals surface area contributed by atoms with E-state index in [1.165, 1.54) is 0 Å². The number of nitrogens with one attached hydrogen (secondary N) is 1. The second kappa shape index (κ2) is 3.15. The van der Waals surface area contributed by atoms with Crippen LogP contribution in [-0.4, -0.2) is 31.7 Å². The van der Waals surface area contributed by atoms with Crippen molar-refractivity contribution in [2.75, 3.05) is 19.6 Å². The highest BCUT2D eigenvalue weighted by atomic mass is 15.1. The molecule has 0 aromatic carbocycles. The molecule has 0 aromatic heterocycles. The molecule has 0 aliphatic carbocycles. The molecule has 2 unspecified atom stereocenters. The minimum atomic E-state index is 0.231. The fraction of sp³-hybridized carbons (Fsp3) is 1.00. The van der Waals surface area contributed by atoms with Gasteiger partial charge in [0.05, 0.1) is 0 Å². The van der Waals surface area contributed by atoms with Crippen molar-refractivity contribution in [2.45, 2.75) is 19.0 Å². The van der Waals surface area contributed by atoms with Gasteiger partial charge in [0.15, 0.2) is 0 Å². The van der Waals surface area contributed by atoms with Gasteiger partial charge in [-0.2, -0.15) is 0 Å². The maximum Gasteiger partial charge on any atom is 0.0358 e. The topological polar surface area (TPSA) is 52.2 Å². The van der Waals surface area contributed by atoms with E-state index in [9.17, 15) is 0 Å². The summed E-state index contributed by atoms with van der Waals surface area (Å²) in [6.45, 7) is 4.84. The monoisotopic (exact) mass is 128 g/mol. The highest BCUT2D eigenvalue weighted by Crippen LogP contribution is 1.91. The lowest BCUT2D eigenvalue weighted by Gasteiger charge is -2.25. The average Bonchev–Trinajstić information content (AvgIpc) is 1.90. The van der Waals surface area contributed by atoms with E-state index in [1.807, 2.05) is 6.92 Å². The molecule has 1 heterocycles. The third kappa shape index (κ3) is 1.93. The van der Waals surface area contributed by atoms with Gasteiger partial charge < -0.3 is 11.1 Å². The summed E-state index contributed by atoms with van der Waals surface area (Å²) in [5.74, 6) is 0. The molecule has 3 N–H and O–H groups in total. The van der Waals surface area contributed by atoms with E-state index in [4.69, 9.17) is 5.73 Å². The molecule has 0 spiro atoms. The van der Waals surface area contributed by atoms with Gasteiger partial charge in [0.25, 0.3) is 0 Å². The Balaban J connectivity index is 2.23. The quantitative estimate of drug-likeness (QED) is 0.471. The molecule has 9 heavy (non-hydrogen) atoms. The largest absolute Gasteiger partial charge is 0.326 e. The molecule has 2 atom stereocenters. The zero-order valence-electron chi connectivity index (χ0n) is 5.80. The van der Waals surface area contributed by atoms with Gasteiger partial charge in [-0.1, -0.05) is 0 Å². The third-order valence-electron chi connectivity index (χ3n) is 1.64. The smallest absolute Gasteiger partial charge is 0.0358 e. The lowest BCUT2D eigenvalue weighted by molar-refractivity contribution is 0.373. The second-order valence-corrected chi connectivity index (χ2v) is 2.55. The van der Waals surface area contributed by atoms with Crippen molar-refractivity contribution in [1.29, 1.82) is 0 Å². The fourth-order valence-corrected chi connectivity index (χ4v) is 0.976. The molecule has 1 aliphatic heterocycles. The average molecular weight is 128 g/mol. The predicted molar refractivity (Wildman–Crippen MR) is 37.3 cm³/mol. The van der Waals surface area contributed by atoms with Crippen molar-refractivity contribution >= 4 is 0 Å². The number of rotatable bonds is 1. The zero-order valence-corrected chi connectivity index (χ0v) is 5.80. The Labute approximate surface area is 56.0 Å². The normalized spacial score (nSPS) is 32.0. The van der Waals surface area contributed by atoms with Crippen LogP contribution in [0.4, 0.5) is 0 Å². The highest BCUT2D eigenvalue weighted by Gasteiger charge is 2.15. The molecule has 0 saturated carbocycles. The van der Waals surface area contributed by atoms with Crippen LogP contribution in [0.3, 0.4) is 0 Å². The molecule has 1 saturated heterocycles. The van der Waals surface area contributed by atoms with Crippen molar-refractivity contribution in [3.63, 3.8) is 0 Å². The van der Waals surface area contributed by atoms with E-state index < -0.39 is 0 Å². The van der Waals surface area contributed by atoms with E-state index in [1.54, 1.807) is 0 Å². The first-order valence-electron chi connectivity index (χ1n) is 3.43. The number of hydrogen-bond donors (Lipinski definition) is 2. The van der Waals surface area contributed by atoms with Gasteiger partial charge in [-0.3, -0.25) is 0 Å². The van der Waals surface area contributed by atoms with E-state index in [0.29, 0.717) is 6.04 Å². The standard InChI is InChI=1S/C6H14N3/c1-5(7)6-4-8-2-3-9-6/h5-6,9H,2-4,7H2,1H3. The van der Waals surface area contributed by atoms with Crippen LogP contribution in [0.15, 0.2) is 0 Å². The SMILES string of the molecule is CC(N)C1C[N]CCN1. The molecule has 1 rings (SSSR count). The lowest BCUT2D eigenvalue weighted by atomic mass is 10.1. The van der Waals surface area contributed by atoms with Crippen LogP contribution in [0.25, 0.3) is 0 Å². The Morgan fingerprint density at radius 3 is 2.89 bits per heavy atom. The molecule has 3 nitrogen and oxygen atoms in total. The number of nitrogens with zero attached hydrogens (tertiary/aromatic N) is 1. The predicted octanol–water partition coefficient (Wildman–Crippen LogP) is -1.09. The van der Waals surface area contributed by atoms with Crippen LogP contribution < -0.4 is 16.4 Å². The van der Waals surface area contributed by atoms with Gasteiger partial charge >= 0.3 is 0 Å². The maximum absolute atomic E-state index is 5.64. The van der Waals surface area contributed by atoms with Gasteiger partial charge in [0.1, 0.15) is 0 Å². The van der Waals surface area contributed by atoms with E-state index in [0.717, 1.165) is 19.6 Å². The summed E-state index contributed by atoms with van der Waals surface area (Å²) in [6, 6.07) is 0.646. The van der Waals surface area contributed by atoms with Crippen molar-refractivity contribution in [3.8, 4) is 0 Å². The summed E-state index contributed by atoms with van der Waals surface area (Å²) in [5, 5.41) is 7.54. The number of nitrogens with two attached hydrogens (primary N) is 1. The minimum absolute atomic E-state index is 0.231. The number of piperazine rings is 1. The Morgan fingerprint density at radius 2 is 2.56 bits per heavy atom. The van der Waals surface area contributed by atoms with Crippen LogP contribution in [-0.2, 0) is 0 Å². The summed E-state index contributed by atoms with van der Waals surface area (Å²) in [5.41, 5.74) is 5.64. The minimum Gasteiger partial charge on any atom is -0.326 e. The molecule has 1 radical (unpaired) electrons. The van der Waals surface area contributed by atoms with Gasteiger partial charge in [0, 0.05) is 31.7 Å².